The minimum absolute atomic E-state index is 0.157. The summed E-state index contributed by atoms with van der Waals surface area (Å²) in [6, 6.07) is 7.18. The van der Waals surface area contributed by atoms with Gasteiger partial charge in [0.25, 0.3) is 0 Å². The molecule has 1 aromatic carbocycles. The summed E-state index contributed by atoms with van der Waals surface area (Å²) in [5, 5.41) is 17.6. The molecule has 0 aliphatic rings. The molecule has 0 aliphatic heterocycles. The second-order valence-corrected chi connectivity index (χ2v) is 3.56. The summed E-state index contributed by atoms with van der Waals surface area (Å²) in [6.07, 6.45) is 5.20. The minimum Gasteiger partial charge on any atom is -0.480 e. The summed E-state index contributed by atoms with van der Waals surface area (Å²) in [5.41, 5.74) is 2.09. The van der Waals surface area contributed by atoms with Gasteiger partial charge in [0.05, 0.1) is 18.2 Å². The largest absolute Gasteiger partial charge is 0.480 e. The van der Waals surface area contributed by atoms with Crippen molar-refractivity contribution in [3.63, 3.8) is 0 Å². The molecule has 4 nitrogen and oxygen atoms in total. The number of carboxylic acids is 1. The lowest BCUT2D eigenvalue weighted by atomic mass is 10.1. The van der Waals surface area contributed by atoms with E-state index < -0.39 is 5.97 Å². The summed E-state index contributed by atoms with van der Waals surface area (Å²) in [7, 11) is 0. The Hall–Kier alpha value is -2.46. The van der Waals surface area contributed by atoms with E-state index in [-0.39, 0.29) is 13.1 Å². The maximum atomic E-state index is 10.7. The highest BCUT2D eigenvalue weighted by atomic mass is 16.4. The quantitative estimate of drug-likeness (QED) is 0.791. The minimum atomic E-state index is -0.942. The zero-order chi connectivity index (χ0) is 12.8. The first-order valence-electron chi connectivity index (χ1n) is 4.99. The molecule has 1 aromatic rings. The summed E-state index contributed by atoms with van der Waals surface area (Å²) in [6.45, 7) is 1.87. The zero-order valence-electron chi connectivity index (χ0n) is 9.47. The molecule has 1 N–H and O–H groups in total. The third kappa shape index (κ3) is 3.25. The van der Waals surface area contributed by atoms with Crippen LogP contribution in [0.1, 0.15) is 11.1 Å². The lowest BCUT2D eigenvalue weighted by Gasteiger charge is -2.20. The molecular formula is C13H12N2O2. The number of nitriles is 1. The van der Waals surface area contributed by atoms with Gasteiger partial charge in [0, 0.05) is 5.69 Å². The normalized spacial score (nSPS) is 9.12. The van der Waals surface area contributed by atoms with Gasteiger partial charge in [0.2, 0.25) is 0 Å². The lowest BCUT2D eigenvalue weighted by molar-refractivity contribution is -0.135. The van der Waals surface area contributed by atoms with E-state index >= 15 is 0 Å². The van der Waals surface area contributed by atoms with Crippen LogP contribution < -0.4 is 4.90 Å². The van der Waals surface area contributed by atoms with Gasteiger partial charge in [-0.25, -0.2) is 0 Å². The molecule has 1 rings (SSSR count). The molecule has 17 heavy (non-hydrogen) atoms. The van der Waals surface area contributed by atoms with Crippen molar-refractivity contribution in [2.45, 2.75) is 6.92 Å². The van der Waals surface area contributed by atoms with E-state index in [1.807, 2.05) is 0 Å². The number of rotatable bonds is 4. The van der Waals surface area contributed by atoms with Gasteiger partial charge in [-0.2, -0.15) is 5.26 Å². The number of hydrogen-bond acceptors (Lipinski definition) is 3. The predicted molar refractivity (Wildman–Crippen MR) is 64.6 cm³/mol. The molecule has 0 atom stereocenters. The molecule has 0 heterocycles. The van der Waals surface area contributed by atoms with Crippen molar-refractivity contribution in [2.24, 2.45) is 0 Å². The van der Waals surface area contributed by atoms with Gasteiger partial charge in [0.15, 0.2) is 0 Å². The van der Waals surface area contributed by atoms with Crippen molar-refractivity contribution < 1.29 is 9.90 Å². The Kier molecular flexibility index (Phi) is 4.14. The molecule has 0 unspecified atom stereocenters. The highest BCUT2D eigenvalue weighted by Gasteiger charge is 2.10. The third-order valence-corrected chi connectivity index (χ3v) is 2.30. The van der Waals surface area contributed by atoms with Gasteiger partial charge in [-0.05, 0) is 30.7 Å². The highest BCUT2D eigenvalue weighted by Crippen LogP contribution is 2.18. The number of aryl methyl sites for hydroxylation is 1. The van der Waals surface area contributed by atoms with Gasteiger partial charge in [-0.1, -0.05) is 5.92 Å². The molecule has 0 bridgehead atoms. The average molecular weight is 228 g/mol. The predicted octanol–water partition coefficient (Wildman–Crippen LogP) is 1.39. The van der Waals surface area contributed by atoms with Crippen molar-refractivity contribution in [1.82, 2.24) is 0 Å². The highest BCUT2D eigenvalue weighted by molar-refractivity contribution is 5.74. The van der Waals surface area contributed by atoms with Gasteiger partial charge < -0.3 is 10.0 Å². The summed E-state index contributed by atoms with van der Waals surface area (Å²) >= 11 is 0. The van der Waals surface area contributed by atoms with Crippen LogP contribution in [0.25, 0.3) is 0 Å². The second-order valence-electron chi connectivity index (χ2n) is 3.56. The van der Waals surface area contributed by atoms with Crippen molar-refractivity contribution in [3.8, 4) is 18.4 Å². The topological polar surface area (TPSA) is 64.3 Å². The van der Waals surface area contributed by atoms with E-state index in [4.69, 9.17) is 16.8 Å². The van der Waals surface area contributed by atoms with E-state index in [2.05, 4.69) is 12.0 Å². The van der Waals surface area contributed by atoms with Crippen LogP contribution in [0.15, 0.2) is 18.2 Å². The fourth-order valence-corrected chi connectivity index (χ4v) is 1.48. The standard InChI is InChI=1S/C13H12N2O2/c1-3-6-15(9-13(16)17)12-5-4-11(8-14)10(2)7-12/h1,4-5,7H,6,9H2,2H3,(H,16,17). The van der Waals surface area contributed by atoms with E-state index in [0.29, 0.717) is 11.3 Å². The van der Waals surface area contributed by atoms with Gasteiger partial charge in [-0.3, -0.25) is 4.79 Å². The first-order chi connectivity index (χ1) is 8.08. The van der Waals surface area contributed by atoms with Crippen LogP contribution in [0.5, 0.6) is 0 Å². The van der Waals surface area contributed by atoms with E-state index in [1.165, 1.54) is 0 Å². The van der Waals surface area contributed by atoms with Crippen LogP contribution >= 0.6 is 0 Å². The zero-order valence-corrected chi connectivity index (χ0v) is 9.47. The first kappa shape index (κ1) is 12.6. The number of carboxylic acid groups (broad SMARTS) is 1. The number of carbonyl (C=O) groups is 1. The molecule has 0 saturated heterocycles. The molecule has 86 valence electrons. The van der Waals surface area contributed by atoms with Crippen molar-refractivity contribution in [3.05, 3.63) is 29.3 Å². The smallest absolute Gasteiger partial charge is 0.323 e. The van der Waals surface area contributed by atoms with Gasteiger partial charge in [0.1, 0.15) is 6.54 Å². The lowest BCUT2D eigenvalue weighted by Crippen LogP contribution is -2.30. The molecule has 0 spiro atoms. The van der Waals surface area contributed by atoms with Gasteiger partial charge >= 0.3 is 5.97 Å². The Labute approximate surface area is 100 Å². The number of hydrogen-bond donors (Lipinski definition) is 1. The van der Waals surface area contributed by atoms with Crippen LogP contribution in [0.3, 0.4) is 0 Å². The number of nitrogens with zero attached hydrogens (tertiary/aromatic N) is 2. The maximum Gasteiger partial charge on any atom is 0.323 e. The second kappa shape index (κ2) is 5.58. The molecule has 0 fully saturated rings. The van der Waals surface area contributed by atoms with Crippen molar-refractivity contribution in [1.29, 1.82) is 5.26 Å². The first-order valence-corrected chi connectivity index (χ1v) is 4.99. The number of anilines is 1. The molecule has 0 aromatic heterocycles. The van der Waals surface area contributed by atoms with Crippen LogP contribution in [-0.2, 0) is 4.79 Å². The van der Waals surface area contributed by atoms with Crippen LogP contribution in [0.4, 0.5) is 5.69 Å². The fourth-order valence-electron chi connectivity index (χ4n) is 1.48. The molecule has 0 saturated carbocycles. The summed E-state index contributed by atoms with van der Waals surface area (Å²) in [5.74, 6) is 1.47. The van der Waals surface area contributed by atoms with E-state index in [1.54, 1.807) is 30.0 Å². The molecule has 0 aliphatic carbocycles. The Bertz CT molecular complexity index is 509. The van der Waals surface area contributed by atoms with Crippen molar-refractivity contribution >= 4 is 11.7 Å². The van der Waals surface area contributed by atoms with Crippen molar-refractivity contribution in [2.75, 3.05) is 18.0 Å². The maximum absolute atomic E-state index is 10.7. The fraction of sp³-hybridized carbons (Fsp3) is 0.231. The summed E-state index contributed by atoms with van der Waals surface area (Å²) in [4.78, 5) is 12.3. The monoisotopic (exact) mass is 228 g/mol. The third-order valence-electron chi connectivity index (χ3n) is 2.30. The SMILES string of the molecule is C#CCN(CC(=O)O)c1ccc(C#N)c(C)c1. The van der Waals surface area contributed by atoms with Crippen LogP contribution in [-0.4, -0.2) is 24.2 Å². The molecular weight excluding hydrogens is 216 g/mol. The van der Waals surface area contributed by atoms with Crippen LogP contribution in [0.2, 0.25) is 0 Å². The Morgan fingerprint density at radius 3 is 2.76 bits per heavy atom. The Balaban J connectivity index is 3.03. The Morgan fingerprint density at radius 1 is 1.59 bits per heavy atom. The van der Waals surface area contributed by atoms with E-state index in [9.17, 15) is 4.79 Å². The van der Waals surface area contributed by atoms with E-state index in [0.717, 1.165) is 5.56 Å². The average Bonchev–Trinajstić information content (AvgIpc) is 2.28. The number of aliphatic carboxylic acids is 1. The Morgan fingerprint density at radius 2 is 2.29 bits per heavy atom. The molecule has 4 heteroatoms. The van der Waals surface area contributed by atoms with Crippen LogP contribution in [0, 0.1) is 30.6 Å². The number of terminal acetylenes is 1. The van der Waals surface area contributed by atoms with Gasteiger partial charge in [-0.15, -0.1) is 6.42 Å². The summed E-state index contributed by atoms with van der Waals surface area (Å²) < 4.78 is 0. The molecule has 0 amide bonds. The number of benzene rings is 1. The molecule has 0 radical (unpaired) electrons.